The van der Waals surface area contributed by atoms with Crippen molar-refractivity contribution in [3.63, 3.8) is 0 Å². The molecule has 2 atom stereocenters. The van der Waals surface area contributed by atoms with E-state index in [0.29, 0.717) is 18.0 Å². The smallest absolute Gasteiger partial charge is 0.410 e. The first-order valence-electron chi connectivity index (χ1n) is 12.9. The standard InChI is InChI=1S/C29H36N4O5/c1-18(2)25-14-21-8-6-7-9-24(21)33(25)15-19-10-12-20(13-11-19)26(34)30-23-17-32(16-22(23)27(35)31-37)28(36)38-29(3,4)5/h6-14,18,22-23,37H,15-17H2,1-5H3,(H,30,34)(H,31,35)/t22-,23+/m0/s1. The average Bonchev–Trinajstić information content (AvgIpc) is 3.45. The lowest BCUT2D eigenvalue weighted by atomic mass is 10.0. The van der Waals surface area contributed by atoms with Crippen LogP contribution in [-0.2, 0) is 16.1 Å². The number of aromatic nitrogens is 1. The van der Waals surface area contributed by atoms with E-state index in [2.05, 4.69) is 41.9 Å². The van der Waals surface area contributed by atoms with E-state index in [0.717, 1.165) is 5.56 Å². The number of hydroxylamine groups is 1. The molecular weight excluding hydrogens is 484 g/mol. The molecule has 1 aliphatic rings. The van der Waals surface area contributed by atoms with Crippen molar-refractivity contribution in [1.82, 2.24) is 20.3 Å². The van der Waals surface area contributed by atoms with Gasteiger partial charge >= 0.3 is 6.09 Å². The molecule has 4 rings (SSSR count). The highest BCUT2D eigenvalue weighted by atomic mass is 16.6. The third kappa shape index (κ3) is 5.99. The Morgan fingerprint density at radius 3 is 2.37 bits per heavy atom. The van der Waals surface area contributed by atoms with Crippen molar-refractivity contribution >= 4 is 28.8 Å². The van der Waals surface area contributed by atoms with E-state index in [1.54, 1.807) is 38.4 Å². The van der Waals surface area contributed by atoms with Crippen LogP contribution in [0.3, 0.4) is 0 Å². The minimum Gasteiger partial charge on any atom is -0.444 e. The van der Waals surface area contributed by atoms with Crippen molar-refractivity contribution in [3.05, 3.63) is 71.4 Å². The highest BCUT2D eigenvalue weighted by molar-refractivity contribution is 5.95. The molecule has 38 heavy (non-hydrogen) atoms. The van der Waals surface area contributed by atoms with Gasteiger partial charge in [-0.15, -0.1) is 0 Å². The third-order valence-corrected chi connectivity index (χ3v) is 6.73. The lowest BCUT2D eigenvalue weighted by molar-refractivity contribution is -0.133. The van der Waals surface area contributed by atoms with Crippen molar-refractivity contribution in [3.8, 4) is 0 Å². The molecule has 9 nitrogen and oxygen atoms in total. The normalized spacial score (nSPS) is 17.6. The molecule has 0 spiro atoms. The number of nitrogens with one attached hydrogen (secondary N) is 2. The largest absolute Gasteiger partial charge is 0.444 e. The van der Waals surface area contributed by atoms with Gasteiger partial charge < -0.3 is 19.5 Å². The average molecular weight is 521 g/mol. The van der Waals surface area contributed by atoms with E-state index in [1.807, 2.05) is 24.3 Å². The van der Waals surface area contributed by atoms with Crippen molar-refractivity contribution in [1.29, 1.82) is 0 Å². The van der Waals surface area contributed by atoms with E-state index in [-0.39, 0.29) is 19.0 Å². The van der Waals surface area contributed by atoms with E-state index in [9.17, 15) is 19.6 Å². The topological polar surface area (TPSA) is 113 Å². The summed E-state index contributed by atoms with van der Waals surface area (Å²) in [6, 6.07) is 17.2. The van der Waals surface area contributed by atoms with Gasteiger partial charge in [0.2, 0.25) is 5.91 Å². The molecule has 0 radical (unpaired) electrons. The van der Waals surface area contributed by atoms with Crippen LogP contribution in [-0.4, -0.2) is 57.3 Å². The SMILES string of the molecule is CC(C)c1cc2ccccc2n1Cc1ccc(C(=O)N[C@@H]2CN(C(=O)OC(C)(C)C)C[C@@H]2C(=O)NO)cc1. The number of hydrogen-bond acceptors (Lipinski definition) is 5. The van der Waals surface area contributed by atoms with Crippen LogP contribution in [0.1, 0.15) is 62.2 Å². The molecule has 2 aromatic carbocycles. The molecule has 3 amide bonds. The molecule has 0 saturated carbocycles. The van der Waals surface area contributed by atoms with E-state index < -0.39 is 29.6 Å². The Morgan fingerprint density at radius 2 is 1.74 bits per heavy atom. The molecule has 0 bridgehead atoms. The predicted octanol–water partition coefficient (Wildman–Crippen LogP) is 4.28. The molecule has 2 heterocycles. The number of amides is 3. The number of hydrogen-bond donors (Lipinski definition) is 3. The van der Waals surface area contributed by atoms with Crippen LogP contribution in [0.15, 0.2) is 54.6 Å². The zero-order valence-corrected chi connectivity index (χ0v) is 22.5. The van der Waals surface area contributed by atoms with Crippen molar-refractivity contribution in [2.45, 2.75) is 58.7 Å². The second-order valence-electron chi connectivity index (χ2n) is 11.1. The number of nitrogens with zero attached hydrogens (tertiary/aromatic N) is 2. The summed E-state index contributed by atoms with van der Waals surface area (Å²) < 4.78 is 7.71. The summed E-state index contributed by atoms with van der Waals surface area (Å²) in [5.74, 6) is -1.48. The monoisotopic (exact) mass is 520 g/mol. The first kappa shape index (κ1) is 27.2. The van der Waals surface area contributed by atoms with Crippen LogP contribution in [0.25, 0.3) is 10.9 Å². The van der Waals surface area contributed by atoms with Gasteiger partial charge in [0.25, 0.3) is 5.91 Å². The molecule has 1 aromatic heterocycles. The van der Waals surface area contributed by atoms with Crippen LogP contribution in [0.4, 0.5) is 4.79 Å². The molecule has 0 unspecified atom stereocenters. The maximum Gasteiger partial charge on any atom is 0.410 e. The van der Waals surface area contributed by atoms with Crippen LogP contribution < -0.4 is 10.8 Å². The van der Waals surface area contributed by atoms with E-state index >= 15 is 0 Å². The first-order valence-corrected chi connectivity index (χ1v) is 12.9. The lowest BCUT2D eigenvalue weighted by Gasteiger charge is -2.24. The number of carbonyl (C=O) groups is 3. The summed E-state index contributed by atoms with van der Waals surface area (Å²) >= 11 is 0. The van der Waals surface area contributed by atoms with E-state index in [1.165, 1.54) is 21.5 Å². The summed E-state index contributed by atoms with van der Waals surface area (Å²) in [5.41, 5.74) is 4.85. The molecule has 202 valence electrons. The number of para-hydroxylation sites is 1. The fourth-order valence-electron chi connectivity index (χ4n) is 4.86. The number of likely N-dealkylation sites (tertiary alicyclic amines) is 1. The second-order valence-corrected chi connectivity index (χ2v) is 11.1. The Bertz CT molecular complexity index is 1320. The third-order valence-electron chi connectivity index (χ3n) is 6.73. The first-order chi connectivity index (χ1) is 18.0. The molecule has 1 aliphatic heterocycles. The van der Waals surface area contributed by atoms with Crippen LogP contribution in [0, 0.1) is 5.92 Å². The summed E-state index contributed by atoms with van der Waals surface area (Å²) in [5, 5.41) is 13.2. The van der Waals surface area contributed by atoms with Crippen molar-refractivity contribution in [2.24, 2.45) is 5.92 Å². The summed E-state index contributed by atoms with van der Waals surface area (Å²) in [6.07, 6.45) is -0.576. The Labute approximate surface area is 222 Å². The van der Waals surface area contributed by atoms with Gasteiger partial charge in [-0.2, -0.15) is 0 Å². The fourth-order valence-corrected chi connectivity index (χ4v) is 4.86. The molecule has 0 aliphatic carbocycles. The predicted molar refractivity (Wildman–Crippen MR) is 144 cm³/mol. The van der Waals surface area contributed by atoms with Crippen molar-refractivity contribution in [2.75, 3.05) is 13.1 Å². The van der Waals surface area contributed by atoms with Gasteiger partial charge in [-0.3, -0.25) is 14.8 Å². The van der Waals surface area contributed by atoms with Gasteiger partial charge in [-0.25, -0.2) is 10.3 Å². The summed E-state index contributed by atoms with van der Waals surface area (Å²) in [6.45, 7) is 10.4. The zero-order valence-electron chi connectivity index (χ0n) is 22.5. The Kier molecular flexibility index (Phi) is 7.78. The number of fused-ring (bicyclic) bond motifs is 1. The van der Waals surface area contributed by atoms with Gasteiger partial charge in [-0.1, -0.05) is 44.2 Å². The molecule has 3 N–H and O–H groups in total. The van der Waals surface area contributed by atoms with Gasteiger partial charge in [0, 0.05) is 36.4 Å². The Morgan fingerprint density at radius 1 is 1.05 bits per heavy atom. The fraction of sp³-hybridized carbons (Fsp3) is 0.414. The maximum absolute atomic E-state index is 13.1. The highest BCUT2D eigenvalue weighted by Gasteiger charge is 2.41. The quantitative estimate of drug-likeness (QED) is 0.332. The minimum absolute atomic E-state index is 0.0220. The van der Waals surface area contributed by atoms with Crippen LogP contribution >= 0.6 is 0 Å². The van der Waals surface area contributed by atoms with Crippen LogP contribution in [0.2, 0.25) is 0 Å². The van der Waals surface area contributed by atoms with Gasteiger partial charge in [0.05, 0.1) is 12.0 Å². The van der Waals surface area contributed by atoms with Crippen molar-refractivity contribution < 1.29 is 24.3 Å². The maximum atomic E-state index is 13.1. The Hall–Kier alpha value is -3.85. The highest BCUT2D eigenvalue weighted by Crippen LogP contribution is 2.27. The number of ether oxygens (including phenoxy) is 1. The number of carbonyl (C=O) groups excluding carboxylic acids is 3. The number of rotatable bonds is 6. The number of benzene rings is 2. The minimum atomic E-state index is -0.813. The second kappa shape index (κ2) is 10.9. The van der Waals surface area contributed by atoms with Crippen LogP contribution in [0.5, 0.6) is 0 Å². The Balaban J connectivity index is 1.47. The molecule has 3 aromatic rings. The van der Waals surface area contributed by atoms with Gasteiger partial charge in [-0.05, 0) is 61.9 Å². The lowest BCUT2D eigenvalue weighted by Crippen LogP contribution is -2.45. The molecular formula is C29H36N4O5. The van der Waals surface area contributed by atoms with E-state index in [4.69, 9.17) is 4.74 Å². The molecule has 1 saturated heterocycles. The van der Waals surface area contributed by atoms with Gasteiger partial charge in [0.15, 0.2) is 0 Å². The zero-order chi connectivity index (χ0) is 27.6. The summed E-state index contributed by atoms with van der Waals surface area (Å²) in [4.78, 5) is 39.2. The summed E-state index contributed by atoms with van der Waals surface area (Å²) in [7, 11) is 0. The molecule has 9 heteroatoms. The van der Waals surface area contributed by atoms with Gasteiger partial charge in [0.1, 0.15) is 5.60 Å². The molecule has 1 fully saturated rings.